The second-order valence-electron chi connectivity index (χ2n) is 7.01. The Hall–Kier alpha value is -0.660. The molecule has 0 saturated carbocycles. The third-order valence-corrected chi connectivity index (χ3v) is 4.93. The molecule has 0 spiro atoms. The van der Waals surface area contributed by atoms with Crippen molar-refractivity contribution in [2.24, 2.45) is 0 Å². The summed E-state index contributed by atoms with van der Waals surface area (Å²) >= 11 is 0. The molecule has 2 nitrogen and oxygen atoms in total. The molecular formula is C20H40N2. The van der Waals surface area contributed by atoms with Crippen molar-refractivity contribution in [2.45, 2.75) is 103 Å². The molecule has 0 aromatic rings. The van der Waals surface area contributed by atoms with E-state index in [0.717, 1.165) is 0 Å². The second kappa shape index (κ2) is 12.8. The molecule has 0 fully saturated rings. The van der Waals surface area contributed by atoms with Gasteiger partial charge in [0.05, 0.1) is 0 Å². The van der Waals surface area contributed by atoms with E-state index in [1.54, 1.807) is 0 Å². The first-order valence-corrected chi connectivity index (χ1v) is 9.95. The van der Waals surface area contributed by atoms with Gasteiger partial charge in [0.1, 0.15) is 6.17 Å². The third-order valence-electron chi connectivity index (χ3n) is 4.93. The Balaban J connectivity index is 2.08. The Morgan fingerprint density at radius 3 is 1.86 bits per heavy atom. The minimum Gasteiger partial charge on any atom is -0.359 e. The Bertz CT molecular complexity index is 275. The number of unbranched alkanes of at least 4 members (excludes halogenated alkanes) is 10. The van der Waals surface area contributed by atoms with Gasteiger partial charge >= 0.3 is 0 Å². The van der Waals surface area contributed by atoms with Crippen LogP contribution in [0.2, 0.25) is 0 Å². The average molecular weight is 309 g/mol. The van der Waals surface area contributed by atoms with E-state index in [0.29, 0.717) is 6.17 Å². The molecule has 0 bridgehead atoms. The fraction of sp³-hybridized carbons (Fsp3) is 0.900. The zero-order chi connectivity index (χ0) is 16.0. The number of nitrogens with zero attached hydrogens (tertiary/aromatic N) is 2. The van der Waals surface area contributed by atoms with Crippen molar-refractivity contribution in [1.29, 1.82) is 0 Å². The molecule has 22 heavy (non-hydrogen) atoms. The van der Waals surface area contributed by atoms with Crippen LogP contribution in [0.1, 0.15) is 97.3 Å². The zero-order valence-electron chi connectivity index (χ0n) is 15.5. The van der Waals surface area contributed by atoms with E-state index in [2.05, 4.69) is 43.1 Å². The highest BCUT2D eigenvalue weighted by Crippen LogP contribution is 2.21. The maximum Gasteiger partial charge on any atom is 0.100 e. The van der Waals surface area contributed by atoms with E-state index in [9.17, 15) is 0 Å². The minimum atomic E-state index is 0.627. The number of rotatable bonds is 14. The van der Waals surface area contributed by atoms with Gasteiger partial charge in [-0.05, 0) is 19.3 Å². The van der Waals surface area contributed by atoms with Gasteiger partial charge in [-0.25, -0.2) is 0 Å². The van der Waals surface area contributed by atoms with Crippen molar-refractivity contribution in [3.05, 3.63) is 12.4 Å². The van der Waals surface area contributed by atoms with Crippen molar-refractivity contribution in [3.8, 4) is 0 Å². The summed E-state index contributed by atoms with van der Waals surface area (Å²) in [5.41, 5.74) is 0. The average Bonchev–Trinajstić information content (AvgIpc) is 2.87. The second-order valence-corrected chi connectivity index (χ2v) is 7.01. The van der Waals surface area contributed by atoms with Gasteiger partial charge < -0.3 is 9.80 Å². The fourth-order valence-corrected chi connectivity index (χ4v) is 3.40. The van der Waals surface area contributed by atoms with Gasteiger partial charge in [-0.2, -0.15) is 0 Å². The molecular weight excluding hydrogens is 268 g/mol. The summed E-state index contributed by atoms with van der Waals surface area (Å²) in [4.78, 5) is 4.98. The number of hydrogen-bond donors (Lipinski definition) is 0. The summed E-state index contributed by atoms with van der Waals surface area (Å²) in [6, 6.07) is 0. The van der Waals surface area contributed by atoms with E-state index < -0.39 is 0 Å². The molecule has 0 amide bonds. The van der Waals surface area contributed by atoms with Gasteiger partial charge in [0.2, 0.25) is 0 Å². The van der Waals surface area contributed by atoms with Crippen LogP contribution in [0.5, 0.6) is 0 Å². The minimum absolute atomic E-state index is 0.627. The molecule has 0 N–H and O–H groups in total. The van der Waals surface area contributed by atoms with Gasteiger partial charge in [0, 0.05) is 26.0 Å². The van der Waals surface area contributed by atoms with Gasteiger partial charge in [0.25, 0.3) is 0 Å². The highest BCUT2D eigenvalue weighted by atomic mass is 15.4. The normalized spacial score (nSPS) is 17.7. The van der Waals surface area contributed by atoms with Crippen LogP contribution in [0, 0.1) is 0 Å². The summed E-state index contributed by atoms with van der Waals surface area (Å²) in [6.07, 6.45) is 23.3. The monoisotopic (exact) mass is 308 g/mol. The molecule has 1 aliphatic rings. The van der Waals surface area contributed by atoms with Crippen LogP contribution in [0.4, 0.5) is 0 Å². The van der Waals surface area contributed by atoms with Crippen LogP contribution in [0.15, 0.2) is 12.4 Å². The van der Waals surface area contributed by atoms with E-state index in [4.69, 9.17) is 0 Å². The van der Waals surface area contributed by atoms with Crippen molar-refractivity contribution < 1.29 is 0 Å². The Morgan fingerprint density at radius 2 is 1.23 bits per heavy atom. The van der Waals surface area contributed by atoms with Crippen LogP contribution < -0.4 is 0 Å². The topological polar surface area (TPSA) is 6.48 Å². The van der Waals surface area contributed by atoms with Crippen LogP contribution in [0.25, 0.3) is 0 Å². The van der Waals surface area contributed by atoms with Crippen LogP contribution >= 0.6 is 0 Å². The molecule has 130 valence electrons. The highest BCUT2D eigenvalue weighted by Gasteiger charge is 2.22. The van der Waals surface area contributed by atoms with Crippen molar-refractivity contribution in [2.75, 3.05) is 13.6 Å². The first-order valence-electron chi connectivity index (χ1n) is 9.95. The van der Waals surface area contributed by atoms with Crippen LogP contribution in [0.3, 0.4) is 0 Å². The maximum absolute atomic E-state index is 2.58. The molecule has 1 aliphatic heterocycles. The molecule has 0 aliphatic carbocycles. The smallest absolute Gasteiger partial charge is 0.100 e. The van der Waals surface area contributed by atoms with Crippen molar-refractivity contribution in [3.63, 3.8) is 0 Å². The van der Waals surface area contributed by atoms with Crippen LogP contribution in [-0.2, 0) is 0 Å². The van der Waals surface area contributed by atoms with Gasteiger partial charge in [0.15, 0.2) is 0 Å². The summed E-state index contributed by atoms with van der Waals surface area (Å²) in [5.74, 6) is 0. The standard InChI is InChI=1S/C20H40N2/c1-4-6-8-10-11-13-15-17-22-19-18-21(3)20(22)16-14-12-9-7-5-2/h18-20H,4-17H2,1-3H3. The lowest BCUT2D eigenvalue weighted by molar-refractivity contribution is 0.159. The predicted molar refractivity (Wildman–Crippen MR) is 98.8 cm³/mol. The van der Waals surface area contributed by atoms with Crippen molar-refractivity contribution in [1.82, 2.24) is 9.80 Å². The summed E-state index contributed by atoms with van der Waals surface area (Å²) in [7, 11) is 2.23. The lowest BCUT2D eigenvalue weighted by atomic mass is 10.1. The molecule has 0 saturated heterocycles. The lowest BCUT2D eigenvalue weighted by Crippen LogP contribution is -2.37. The lowest BCUT2D eigenvalue weighted by Gasteiger charge is -2.30. The first-order chi connectivity index (χ1) is 10.8. The SMILES string of the molecule is CCCCCCCCCN1C=CN(C)C1CCCCCCC. The highest BCUT2D eigenvalue weighted by molar-refractivity contribution is 4.95. The Kier molecular flexibility index (Phi) is 11.3. The molecule has 1 unspecified atom stereocenters. The molecule has 1 rings (SSSR count). The van der Waals surface area contributed by atoms with E-state index in [-0.39, 0.29) is 0 Å². The third kappa shape index (κ3) is 8.10. The number of hydrogen-bond acceptors (Lipinski definition) is 2. The van der Waals surface area contributed by atoms with Gasteiger partial charge in [-0.15, -0.1) is 0 Å². The zero-order valence-corrected chi connectivity index (χ0v) is 15.5. The molecule has 1 atom stereocenters. The maximum atomic E-state index is 2.58. The molecule has 0 radical (unpaired) electrons. The molecule has 0 aromatic carbocycles. The largest absolute Gasteiger partial charge is 0.359 e. The summed E-state index contributed by atoms with van der Waals surface area (Å²) < 4.78 is 0. The fourth-order valence-electron chi connectivity index (χ4n) is 3.40. The van der Waals surface area contributed by atoms with Gasteiger partial charge in [-0.3, -0.25) is 0 Å². The van der Waals surface area contributed by atoms with E-state index >= 15 is 0 Å². The quantitative estimate of drug-likeness (QED) is 0.355. The molecule has 2 heteroatoms. The first kappa shape index (κ1) is 19.4. The molecule has 1 heterocycles. The van der Waals surface area contributed by atoms with Gasteiger partial charge in [-0.1, -0.05) is 78.1 Å². The Labute approximate surface area is 139 Å². The summed E-state index contributed by atoms with van der Waals surface area (Å²) in [6.45, 7) is 5.82. The Morgan fingerprint density at radius 1 is 0.682 bits per heavy atom. The molecule has 0 aromatic heterocycles. The predicted octanol–water partition coefficient (Wildman–Crippen LogP) is 6.14. The summed E-state index contributed by atoms with van der Waals surface area (Å²) in [5, 5.41) is 0. The van der Waals surface area contributed by atoms with E-state index in [1.165, 1.54) is 90.0 Å². The van der Waals surface area contributed by atoms with Crippen molar-refractivity contribution >= 4 is 0 Å². The van der Waals surface area contributed by atoms with E-state index in [1.807, 2.05) is 0 Å². The van der Waals surface area contributed by atoms with Crippen LogP contribution in [-0.4, -0.2) is 29.6 Å².